The summed E-state index contributed by atoms with van der Waals surface area (Å²) in [7, 11) is 0. The van der Waals surface area contributed by atoms with Gasteiger partial charge in [0.15, 0.2) is 23.0 Å². The van der Waals surface area contributed by atoms with E-state index in [1.54, 1.807) is 36.4 Å². The molecule has 2 fully saturated rings. The molecule has 4 aromatic rings. The zero-order valence-electron chi connectivity index (χ0n) is 30.2. The van der Waals surface area contributed by atoms with Crippen LogP contribution in [0, 0.1) is 0 Å². The fourth-order valence-corrected chi connectivity index (χ4v) is 7.22. The number of hydrogen-bond acceptors (Lipinski definition) is 18. The lowest BCUT2D eigenvalue weighted by molar-refractivity contribution is -0.277. The Morgan fingerprint density at radius 1 is 0.534 bits per heavy atom. The van der Waals surface area contributed by atoms with Crippen molar-refractivity contribution in [2.75, 3.05) is 13.2 Å². The molecule has 0 radical (unpaired) electrons. The zero-order valence-corrected chi connectivity index (χ0v) is 30.2. The van der Waals surface area contributed by atoms with Crippen LogP contribution in [0.3, 0.4) is 0 Å². The molecule has 7 rings (SSSR count). The molecular formula is C40H42O18. The van der Waals surface area contributed by atoms with Gasteiger partial charge in [0.2, 0.25) is 24.1 Å². The summed E-state index contributed by atoms with van der Waals surface area (Å²) in [5, 5.41) is 136. The van der Waals surface area contributed by atoms with Crippen molar-refractivity contribution < 1.29 is 90.1 Å². The van der Waals surface area contributed by atoms with Crippen molar-refractivity contribution >= 4 is 12.2 Å². The zero-order chi connectivity index (χ0) is 41.6. The summed E-state index contributed by atoms with van der Waals surface area (Å²) in [5.74, 6) is -4.13. The van der Waals surface area contributed by atoms with E-state index in [1.807, 2.05) is 0 Å². The minimum Gasteiger partial charge on any atom is -0.508 e. The summed E-state index contributed by atoms with van der Waals surface area (Å²) < 4.78 is 29.0. The van der Waals surface area contributed by atoms with Gasteiger partial charge in [-0.15, -0.1) is 0 Å². The van der Waals surface area contributed by atoms with E-state index in [9.17, 15) is 66.4 Å². The molecule has 12 atom stereocenters. The third kappa shape index (κ3) is 7.65. The van der Waals surface area contributed by atoms with E-state index in [1.165, 1.54) is 42.5 Å². The molecule has 18 heteroatoms. The topological polar surface area (TPSA) is 309 Å². The van der Waals surface area contributed by atoms with Gasteiger partial charge in [0.25, 0.3) is 0 Å². The van der Waals surface area contributed by atoms with Gasteiger partial charge in [0, 0.05) is 5.56 Å². The number of phenolic OH excluding ortho intramolecular Hbond substituents is 5. The summed E-state index contributed by atoms with van der Waals surface area (Å²) in [6.45, 7) is -1.52. The highest BCUT2D eigenvalue weighted by Gasteiger charge is 2.48. The number of aliphatic hydroxyl groups is 8. The first-order valence-electron chi connectivity index (χ1n) is 18.0. The monoisotopic (exact) mass is 810 g/mol. The smallest absolute Gasteiger partial charge is 0.229 e. The molecule has 3 heterocycles. The number of hydrogen-bond donors (Lipinski definition) is 13. The Kier molecular flexibility index (Phi) is 11.6. The van der Waals surface area contributed by atoms with Gasteiger partial charge in [-0.3, -0.25) is 0 Å². The fraction of sp³-hybridized carbons (Fsp3) is 0.350. The molecule has 0 bridgehead atoms. The minimum atomic E-state index is -1.88. The second kappa shape index (κ2) is 16.5. The van der Waals surface area contributed by atoms with Crippen LogP contribution in [-0.4, -0.2) is 141 Å². The van der Waals surface area contributed by atoms with Gasteiger partial charge in [0.1, 0.15) is 66.4 Å². The third-order valence-electron chi connectivity index (χ3n) is 10.3. The molecule has 0 spiro atoms. The van der Waals surface area contributed by atoms with Crippen molar-refractivity contribution in [3.63, 3.8) is 0 Å². The fourth-order valence-electron chi connectivity index (χ4n) is 7.22. The highest BCUT2D eigenvalue weighted by Crippen LogP contribution is 2.59. The Labute approximate surface area is 329 Å². The Morgan fingerprint density at radius 3 is 1.53 bits per heavy atom. The number of aliphatic hydroxyl groups excluding tert-OH is 8. The van der Waals surface area contributed by atoms with Gasteiger partial charge in [-0.1, -0.05) is 36.4 Å². The normalized spacial score (nSPS) is 30.8. The van der Waals surface area contributed by atoms with Crippen molar-refractivity contribution in [1.29, 1.82) is 0 Å². The lowest BCUT2D eigenvalue weighted by Crippen LogP contribution is -2.60. The number of phenols is 5. The molecule has 310 valence electrons. The van der Waals surface area contributed by atoms with Crippen LogP contribution in [0.1, 0.15) is 39.8 Å². The van der Waals surface area contributed by atoms with E-state index in [0.29, 0.717) is 16.7 Å². The molecule has 13 N–H and O–H groups in total. The Hall–Kier alpha value is -5.38. The molecular weight excluding hydrogens is 768 g/mol. The highest BCUT2D eigenvalue weighted by molar-refractivity contribution is 5.78. The van der Waals surface area contributed by atoms with Crippen molar-refractivity contribution in [2.24, 2.45) is 0 Å². The molecule has 0 unspecified atom stereocenters. The quantitative estimate of drug-likeness (QED) is 0.0939. The maximum atomic E-state index is 11.5. The third-order valence-corrected chi connectivity index (χ3v) is 10.3. The highest BCUT2D eigenvalue weighted by atomic mass is 16.7. The predicted molar refractivity (Wildman–Crippen MR) is 197 cm³/mol. The summed E-state index contributed by atoms with van der Waals surface area (Å²) in [5.41, 5.74) is 1.80. The van der Waals surface area contributed by atoms with Crippen molar-refractivity contribution in [1.82, 2.24) is 0 Å². The maximum Gasteiger partial charge on any atom is 0.229 e. The van der Waals surface area contributed by atoms with E-state index in [2.05, 4.69) is 0 Å². The van der Waals surface area contributed by atoms with Crippen LogP contribution in [0.2, 0.25) is 0 Å². The van der Waals surface area contributed by atoms with Crippen LogP contribution in [0.25, 0.3) is 12.2 Å². The van der Waals surface area contributed by atoms with Crippen LogP contribution < -0.4 is 14.2 Å². The molecule has 3 aliphatic heterocycles. The molecule has 18 nitrogen and oxygen atoms in total. The first kappa shape index (κ1) is 40.8. The largest absolute Gasteiger partial charge is 0.508 e. The van der Waals surface area contributed by atoms with Crippen molar-refractivity contribution in [3.05, 3.63) is 94.5 Å². The van der Waals surface area contributed by atoms with Crippen molar-refractivity contribution in [3.8, 4) is 46.0 Å². The van der Waals surface area contributed by atoms with Crippen molar-refractivity contribution in [2.45, 2.75) is 73.4 Å². The average molecular weight is 811 g/mol. The van der Waals surface area contributed by atoms with Gasteiger partial charge in [0.05, 0.1) is 19.1 Å². The lowest BCUT2D eigenvalue weighted by atomic mass is 9.82. The Morgan fingerprint density at radius 2 is 1.02 bits per heavy atom. The van der Waals surface area contributed by atoms with E-state index >= 15 is 0 Å². The van der Waals surface area contributed by atoms with Crippen LogP contribution in [0.15, 0.2) is 66.7 Å². The maximum absolute atomic E-state index is 11.5. The number of ether oxygens (including phenoxy) is 5. The minimum absolute atomic E-state index is 0.0224. The Bertz CT molecular complexity index is 2080. The standard InChI is InChI=1S/C40H42O18/c41-14-25-29(48)31(50)33(52)39(54-25)57-36-22(45)12-19(13-23(36)46)28-27-18(4-1-16-2-7-20(43)8-3-16)11-24(47)37(38(27)56-35(28)17-5-9-21(44)10-6-17)58-40-34(53)32(51)30(49)26(15-42)55-40/h1-13,25-26,28-35,39-53H,14-15H2/b4-1+/t25-,26-,28+,29-,30-,31+,32+,33-,34-,35-,39+,40+/m0/s1. The molecule has 0 aliphatic carbocycles. The number of benzene rings is 4. The SMILES string of the molecule is OC[C@@H]1O[C@H](Oc2c(O)cc([C@@H]3c4c(/C=C/c5ccc(O)cc5)cc(O)c(O[C@H]5O[C@@H](CO)[C@H](O)[C@@H](O)[C@@H]5O)c4O[C@H]3c3ccc(O)cc3)cc2O)[C@@H](O)[C@H](O)[C@H]1O. The Balaban J connectivity index is 1.36. The van der Waals surface area contributed by atoms with Crippen LogP contribution in [0.5, 0.6) is 46.0 Å². The van der Waals surface area contributed by atoms with Gasteiger partial charge in [-0.2, -0.15) is 0 Å². The molecule has 4 aromatic carbocycles. The predicted octanol–water partition coefficient (Wildman–Crippen LogP) is 0.00800. The number of fused-ring (bicyclic) bond motifs is 1. The van der Waals surface area contributed by atoms with Crippen LogP contribution >= 0.6 is 0 Å². The van der Waals surface area contributed by atoms with Gasteiger partial charge in [-0.05, 0) is 64.7 Å². The molecule has 0 amide bonds. The summed E-state index contributed by atoms with van der Waals surface area (Å²) >= 11 is 0. The number of rotatable bonds is 10. The second-order valence-electron chi connectivity index (χ2n) is 14.1. The number of aromatic hydroxyl groups is 5. The second-order valence-corrected chi connectivity index (χ2v) is 14.1. The van der Waals surface area contributed by atoms with E-state index in [4.69, 9.17) is 23.7 Å². The van der Waals surface area contributed by atoms with Crippen LogP contribution in [-0.2, 0) is 9.47 Å². The van der Waals surface area contributed by atoms with E-state index in [0.717, 1.165) is 0 Å². The first-order valence-corrected chi connectivity index (χ1v) is 18.0. The van der Waals surface area contributed by atoms with Gasteiger partial charge >= 0.3 is 0 Å². The van der Waals surface area contributed by atoms with Crippen LogP contribution in [0.4, 0.5) is 0 Å². The molecule has 3 aliphatic rings. The van der Waals surface area contributed by atoms with Gasteiger partial charge in [-0.25, -0.2) is 0 Å². The lowest BCUT2D eigenvalue weighted by Gasteiger charge is -2.39. The summed E-state index contributed by atoms with van der Waals surface area (Å²) in [6.07, 6.45) is -14.9. The molecule has 2 saturated heterocycles. The summed E-state index contributed by atoms with van der Waals surface area (Å²) in [6, 6.07) is 15.7. The first-order chi connectivity index (χ1) is 27.7. The molecule has 58 heavy (non-hydrogen) atoms. The molecule has 0 aromatic heterocycles. The van der Waals surface area contributed by atoms with E-state index in [-0.39, 0.29) is 28.4 Å². The van der Waals surface area contributed by atoms with Gasteiger partial charge < -0.3 is 90.1 Å². The average Bonchev–Trinajstić information content (AvgIpc) is 3.61. The van der Waals surface area contributed by atoms with E-state index < -0.39 is 115 Å². The molecule has 0 saturated carbocycles. The summed E-state index contributed by atoms with van der Waals surface area (Å²) in [4.78, 5) is 0.